The molecule has 0 aliphatic carbocycles. The van der Waals surface area contributed by atoms with Crippen LogP contribution in [0.5, 0.6) is 0 Å². The molecule has 0 saturated heterocycles. The number of nitrogens with zero attached hydrogens (tertiary/aromatic N) is 4. The molecule has 1 aromatic heterocycles. The third-order valence-corrected chi connectivity index (χ3v) is 5.23. The molecule has 0 N–H and O–H groups in total. The van der Waals surface area contributed by atoms with Crippen LogP contribution in [-0.4, -0.2) is 20.2 Å². The molecule has 0 bridgehead atoms. The van der Waals surface area contributed by atoms with E-state index in [1.54, 1.807) is 35.7 Å². The van der Waals surface area contributed by atoms with Crippen molar-refractivity contribution in [2.24, 2.45) is 4.99 Å². The predicted octanol–water partition coefficient (Wildman–Crippen LogP) is 6.11. The molecule has 5 nitrogen and oxygen atoms in total. The van der Waals surface area contributed by atoms with E-state index in [0.29, 0.717) is 20.9 Å². The largest absolute Gasteiger partial charge is 0.379 e. The van der Waals surface area contributed by atoms with Gasteiger partial charge in [-0.1, -0.05) is 43.1 Å². The monoisotopic (exact) mass is 426 g/mol. The molecule has 4 rings (SSSR count). The van der Waals surface area contributed by atoms with Gasteiger partial charge >= 0.3 is 0 Å². The summed E-state index contributed by atoms with van der Waals surface area (Å²) in [5, 5.41) is 3.38. The minimum Gasteiger partial charge on any atom is -0.379 e. The molecular weight excluding hydrogens is 415 g/mol. The number of rotatable bonds is 2. The van der Waals surface area contributed by atoms with Crippen LogP contribution >= 0.6 is 46.6 Å². The lowest BCUT2D eigenvalue weighted by molar-refractivity contribution is 0.0286. The Balaban J connectivity index is 0.000000948. The molecule has 2 aliphatic heterocycles. The van der Waals surface area contributed by atoms with Crippen LogP contribution in [0.25, 0.3) is 10.6 Å². The average Bonchev–Trinajstić information content (AvgIpc) is 3.05. The van der Waals surface area contributed by atoms with E-state index in [2.05, 4.69) is 15.0 Å². The SMILES string of the molecule is CC.Clc1nccc(C2=C(c3ccc(Cl)c(Cl)c3)N3OC=CN=C3S2)n1. The van der Waals surface area contributed by atoms with Crippen molar-refractivity contribution in [3.05, 3.63) is 69.5 Å². The summed E-state index contributed by atoms with van der Waals surface area (Å²) in [7, 11) is 0. The number of thioether (sulfide) groups is 1. The van der Waals surface area contributed by atoms with Gasteiger partial charge in [0.15, 0.2) is 0 Å². The first-order valence-electron chi connectivity index (χ1n) is 7.69. The highest BCUT2D eigenvalue weighted by Gasteiger charge is 2.35. The van der Waals surface area contributed by atoms with Crippen molar-refractivity contribution in [2.45, 2.75) is 13.8 Å². The maximum atomic E-state index is 6.17. The molecule has 0 amide bonds. The zero-order valence-electron chi connectivity index (χ0n) is 13.8. The molecular formula is C17H13Cl3N4OS. The Morgan fingerprint density at radius 1 is 1.08 bits per heavy atom. The third kappa shape index (κ3) is 3.69. The zero-order valence-corrected chi connectivity index (χ0v) is 16.9. The van der Waals surface area contributed by atoms with Crippen molar-refractivity contribution in [3.8, 4) is 0 Å². The Hall–Kier alpha value is -1.73. The van der Waals surface area contributed by atoms with Crippen LogP contribution in [0, 0.1) is 0 Å². The van der Waals surface area contributed by atoms with Crippen LogP contribution in [0.2, 0.25) is 15.3 Å². The van der Waals surface area contributed by atoms with Gasteiger partial charge in [0, 0.05) is 11.8 Å². The van der Waals surface area contributed by atoms with E-state index in [0.717, 1.165) is 16.2 Å². The van der Waals surface area contributed by atoms with E-state index >= 15 is 0 Å². The third-order valence-electron chi connectivity index (χ3n) is 3.25. The van der Waals surface area contributed by atoms with E-state index in [1.165, 1.54) is 18.0 Å². The molecule has 2 aliphatic rings. The summed E-state index contributed by atoms with van der Waals surface area (Å²) < 4.78 is 0. The van der Waals surface area contributed by atoms with Gasteiger partial charge in [-0.05, 0) is 41.6 Å². The molecule has 0 fully saturated rings. The first-order valence-corrected chi connectivity index (χ1v) is 9.65. The Morgan fingerprint density at radius 3 is 2.62 bits per heavy atom. The summed E-state index contributed by atoms with van der Waals surface area (Å²) in [6.07, 6.45) is 4.68. The molecule has 26 heavy (non-hydrogen) atoms. The number of benzene rings is 1. The first kappa shape index (κ1) is 19.0. The minimum absolute atomic E-state index is 0.167. The molecule has 134 valence electrons. The highest BCUT2D eigenvalue weighted by molar-refractivity contribution is 8.22. The summed E-state index contributed by atoms with van der Waals surface area (Å²) in [6, 6.07) is 7.14. The smallest absolute Gasteiger partial charge is 0.222 e. The van der Waals surface area contributed by atoms with Crippen LogP contribution in [0.15, 0.2) is 47.9 Å². The second-order valence-corrected chi connectivity index (χ2v) is 6.85. The first-order chi connectivity index (χ1) is 12.6. The van der Waals surface area contributed by atoms with Crippen molar-refractivity contribution >= 4 is 62.3 Å². The van der Waals surface area contributed by atoms with E-state index in [-0.39, 0.29) is 5.28 Å². The second kappa shape index (κ2) is 8.31. The van der Waals surface area contributed by atoms with Crippen molar-refractivity contribution < 1.29 is 4.84 Å². The highest BCUT2D eigenvalue weighted by Crippen LogP contribution is 2.46. The summed E-state index contributed by atoms with van der Waals surface area (Å²) in [4.78, 5) is 19.0. The molecule has 0 radical (unpaired) electrons. The lowest BCUT2D eigenvalue weighted by Crippen LogP contribution is -2.23. The summed E-state index contributed by atoms with van der Waals surface area (Å²) in [6.45, 7) is 4.00. The van der Waals surface area contributed by atoms with E-state index in [1.807, 2.05) is 19.9 Å². The van der Waals surface area contributed by atoms with Gasteiger partial charge in [0.2, 0.25) is 10.5 Å². The van der Waals surface area contributed by atoms with Crippen molar-refractivity contribution in [3.63, 3.8) is 0 Å². The molecule has 0 saturated carbocycles. The van der Waals surface area contributed by atoms with Gasteiger partial charge in [0.1, 0.15) is 12.0 Å². The Bertz CT molecular complexity index is 930. The molecule has 2 aromatic rings. The summed E-state index contributed by atoms with van der Waals surface area (Å²) >= 11 is 19.6. The Kier molecular flexibility index (Phi) is 6.09. The average molecular weight is 428 g/mol. The topological polar surface area (TPSA) is 50.6 Å². The van der Waals surface area contributed by atoms with Crippen molar-refractivity contribution in [2.75, 3.05) is 0 Å². The van der Waals surface area contributed by atoms with Crippen molar-refractivity contribution in [1.29, 1.82) is 0 Å². The number of amidine groups is 1. The molecule has 0 unspecified atom stereocenters. The van der Waals surface area contributed by atoms with Crippen molar-refractivity contribution in [1.82, 2.24) is 15.0 Å². The molecule has 0 atom stereocenters. The maximum Gasteiger partial charge on any atom is 0.222 e. The highest BCUT2D eigenvalue weighted by atomic mass is 35.5. The van der Waals surface area contributed by atoms with E-state index < -0.39 is 0 Å². The van der Waals surface area contributed by atoms with E-state index in [9.17, 15) is 0 Å². The summed E-state index contributed by atoms with van der Waals surface area (Å²) in [5.41, 5.74) is 2.25. The minimum atomic E-state index is 0.167. The fourth-order valence-electron chi connectivity index (χ4n) is 2.25. The molecule has 1 aromatic carbocycles. The number of hydrogen-bond donors (Lipinski definition) is 0. The van der Waals surface area contributed by atoms with Gasteiger partial charge in [-0.3, -0.25) is 0 Å². The molecule has 9 heteroatoms. The maximum absolute atomic E-state index is 6.17. The standard InChI is InChI=1S/C15H7Cl3N4OS.C2H6/c16-9-2-1-8(7-10(9)17)12-13(11-3-4-19-14(18)21-11)24-15-20-5-6-23-22(12)15;1-2/h1-7H;1-2H3. The lowest BCUT2D eigenvalue weighted by Gasteiger charge is -2.21. The molecule has 3 heterocycles. The van der Waals surface area contributed by atoms with Crippen LogP contribution in [0.1, 0.15) is 25.1 Å². The number of aliphatic imine (C=N–C) groups is 1. The fourth-order valence-corrected chi connectivity index (χ4v) is 3.73. The van der Waals surface area contributed by atoms with Gasteiger partial charge < -0.3 is 4.84 Å². The van der Waals surface area contributed by atoms with E-state index in [4.69, 9.17) is 39.6 Å². The van der Waals surface area contributed by atoms with Gasteiger partial charge in [0.05, 0.1) is 26.8 Å². The fraction of sp³-hybridized carbons (Fsp3) is 0.118. The van der Waals surface area contributed by atoms with Gasteiger partial charge in [0.25, 0.3) is 0 Å². The van der Waals surface area contributed by atoms with Crippen LogP contribution in [-0.2, 0) is 4.84 Å². The predicted molar refractivity (Wildman–Crippen MR) is 109 cm³/mol. The van der Waals surface area contributed by atoms with Gasteiger partial charge in [-0.2, -0.15) is 5.06 Å². The number of hydrogen-bond acceptors (Lipinski definition) is 6. The normalized spacial score (nSPS) is 15.1. The van der Waals surface area contributed by atoms with Crippen LogP contribution < -0.4 is 0 Å². The van der Waals surface area contributed by atoms with Crippen LogP contribution in [0.3, 0.4) is 0 Å². The lowest BCUT2D eigenvalue weighted by atomic mass is 10.1. The Morgan fingerprint density at radius 2 is 1.88 bits per heavy atom. The van der Waals surface area contributed by atoms with Crippen LogP contribution in [0.4, 0.5) is 0 Å². The number of fused-ring (bicyclic) bond motifs is 1. The number of halogens is 3. The number of aromatic nitrogens is 2. The molecule has 0 spiro atoms. The van der Waals surface area contributed by atoms with Gasteiger partial charge in [-0.15, -0.1) is 0 Å². The zero-order chi connectivity index (χ0) is 18.7. The van der Waals surface area contributed by atoms with Gasteiger partial charge in [-0.25, -0.2) is 15.0 Å². The summed E-state index contributed by atoms with van der Waals surface area (Å²) in [5.74, 6) is 0. The Labute approximate surface area is 170 Å². The number of hydroxylamine groups is 2. The second-order valence-electron chi connectivity index (χ2n) is 4.72. The quantitative estimate of drug-likeness (QED) is 0.541.